The van der Waals surface area contributed by atoms with Crippen LogP contribution in [0, 0.1) is 0 Å². The largest absolute Gasteiger partial charge is 0.365 e. The van der Waals surface area contributed by atoms with Crippen molar-refractivity contribution in [2.75, 3.05) is 0 Å². The second-order valence-electron chi connectivity index (χ2n) is 8.05. The molecular weight excluding hydrogens is 295 g/mol. The molecule has 5 unspecified atom stereocenters. The van der Waals surface area contributed by atoms with Gasteiger partial charge in [-0.3, -0.25) is 0 Å². The Bertz CT molecular complexity index is 404. The van der Waals surface area contributed by atoms with Crippen LogP contribution < -0.4 is 0 Å². The summed E-state index contributed by atoms with van der Waals surface area (Å²) >= 11 is 0. The van der Waals surface area contributed by atoms with Gasteiger partial charge in [-0.1, -0.05) is 56.4 Å². The average molecular weight is 330 g/mol. The molecule has 0 aliphatic carbocycles. The van der Waals surface area contributed by atoms with Crippen LogP contribution in [0.2, 0.25) is 0 Å². The fourth-order valence-corrected chi connectivity index (χ4v) is 9.39. The van der Waals surface area contributed by atoms with Crippen molar-refractivity contribution in [2.24, 2.45) is 0 Å². The highest BCUT2D eigenvalue weighted by Gasteiger charge is 2.64. The van der Waals surface area contributed by atoms with Crippen LogP contribution >= 0.6 is 7.92 Å². The predicted molar refractivity (Wildman–Crippen MR) is 93.4 cm³/mol. The van der Waals surface area contributed by atoms with E-state index in [0.717, 1.165) is 19.3 Å². The molecular formula is C18H35O3P. The van der Waals surface area contributed by atoms with Crippen molar-refractivity contribution in [1.29, 1.82) is 0 Å². The Morgan fingerprint density at radius 2 is 1.68 bits per heavy atom. The number of ether oxygens (including phenoxy) is 2. The highest BCUT2D eigenvalue weighted by Crippen LogP contribution is 2.74. The quantitative estimate of drug-likeness (QED) is 0.720. The maximum absolute atomic E-state index is 11.0. The molecule has 2 saturated heterocycles. The summed E-state index contributed by atoms with van der Waals surface area (Å²) in [5.74, 6) is -1.63. The van der Waals surface area contributed by atoms with Crippen molar-refractivity contribution in [3.63, 3.8) is 0 Å². The topological polar surface area (TPSA) is 38.7 Å². The summed E-state index contributed by atoms with van der Waals surface area (Å²) in [5, 5.41) is 11.0. The fraction of sp³-hybridized carbons (Fsp3) is 1.00. The minimum atomic E-state index is -1.03. The lowest BCUT2D eigenvalue weighted by Crippen LogP contribution is -2.64. The third-order valence-corrected chi connectivity index (χ3v) is 9.66. The van der Waals surface area contributed by atoms with Gasteiger partial charge in [0.25, 0.3) is 0 Å². The highest BCUT2D eigenvalue weighted by molar-refractivity contribution is 7.61. The molecule has 2 heterocycles. The average Bonchev–Trinajstić information content (AvgIpc) is 2.44. The van der Waals surface area contributed by atoms with Crippen molar-refractivity contribution < 1.29 is 14.6 Å². The number of rotatable bonds is 4. The summed E-state index contributed by atoms with van der Waals surface area (Å²) in [6.45, 7) is 15.7. The molecule has 2 aliphatic heterocycles. The third kappa shape index (κ3) is 2.99. The van der Waals surface area contributed by atoms with Crippen LogP contribution in [0.1, 0.15) is 87.0 Å². The molecule has 2 fully saturated rings. The van der Waals surface area contributed by atoms with Crippen LogP contribution in [-0.2, 0) is 9.47 Å². The zero-order chi connectivity index (χ0) is 16.8. The van der Waals surface area contributed by atoms with E-state index in [4.69, 9.17) is 9.47 Å². The minimum absolute atomic E-state index is 0.217. The zero-order valence-electron chi connectivity index (χ0n) is 15.5. The van der Waals surface area contributed by atoms with E-state index in [9.17, 15) is 5.11 Å². The molecule has 2 aliphatic rings. The Kier molecular flexibility index (Phi) is 5.08. The molecule has 0 saturated carbocycles. The molecule has 2 bridgehead atoms. The second kappa shape index (κ2) is 5.99. The van der Waals surface area contributed by atoms with E-state index in [-0.39, 0.29) is 18.4 Å². The number of aliphatic hydroxyl groups is 1. The number of hydrogen-bond donors (Lipinski definition) is 1. The molecule has 0 aromatic carbocycles. The molecule has 22 heavy (non-hydrogen) atoms. The maximum atomic E-state index is 11.0. The lowest BCUT2D eigenvalue weighted by Gasteiger charge is -2.64. The van der Waals surface area contributed by atoms with Crippen LogP contribution in [0.15, 0.2) is 0 Å². The standard InChI is InChI=1S/C18H35O3P/c1-8-14-12-17(10-3)20-16(19,9-2)13-18(11-4,21-17)22(14)15(5,6)7/h14,19H,8-13H2,1-7H3. The van der Waals surface area contributed by atoms with E-state index in [1.807, 2.05) is 6.92 Å². The lowest BCUT2D eigenvalue weighted by molar-refractivity contribution is -0.418. The van der Waals surface area contributed by atoms with Crippen LogP contribution in [0.3, 0.4) is 0 Å². The Morgan fingerprint density at radius 1 is 1.05 bits per heavy atom. The molecule has 5 atom stereocenters. The lowest BCUT2D eigenvalue weighted by atomic mass is 9.95. The van der Waals surface area contributed by atoms with Crippen molar-refractivity contribution in [3.05, 3.63) is 0 Å². The highest BCUT2D eigenvalue weighted by atomic mass is 31.1. The minimum Gasteiger partial charge on any atom is -0.365 e. The summed E-state index contributed by atoms with van der Waals surface area (Å²) in [7, 11) is -0.364. The van der Waals surface area contributed by atoms with Crippen molar-refractivity contribution in [2.45, 2.75) is 115 Å². The van der Waals surface area contributed by atoms with Gasteiger partial charge in [-0.15, -0.1) is 0 Å². The van der Waals surface area contributed by atoms with Gasteiger partial charge in [0.2, 0.25) is 0 Å². The molecule has 130 valence electrons. The molecule has 0 aromatic heterocycles. The van der Waals surface area contributed by atoms with Gasteiger partial charge in [-0.05, 0) is 36.5 Å². The van der Waals surface area contributed by atoms with Crippen molar-refractivity contribution >= 4 is 7.92 Å². The molecule has 0 spiro atoms. The number of fused-ring (bicyclic) bond motifs is 2. The summed E-state index contributed by atoms with van der Waals surface area (Å²) in [6, 6.07) is 0. The molecule has 1 N–H and O–H groups in total. The van der Waals surface area contributed by atoms with Crippen LogP contribution in [0.4, 0.5) is 0 Å². The Balaban J connectivity index is 2.54. The summed E-state index contributed by atoms with van der Waals surface area (Å²) in [5.41, 5.74) is 0.644. The first-order chi connectivity index (χ1) is 10.1. The van der Waals surface area contributed by atoms with E-state index >= 15 is 0 Å². The van der Waals surface area contributed by atoms with Gasteiger partial charge in [0.05, 0.1) is 5.34 Å². The molecule has 2 rings (SSSR count). The van der Waals surface area contributed by atoms with E-state index in [2.05, 4.69) is 41.5 Å². The van der Waals surface area contributed by atoms with E-state index < -0.39 is 11.6 Å². The molecule has 0 radical (unpaired) electrons. The fourth-order valence-electron chi connectivity index (χ4n) is 4.56. The first-order valence-corrected chi connectivity index (χ1v) is 10.4. The van der Waals surface area contributed by atoms with Gasteiger partial charge >= 0.3 is 0 Å². The van der Waals surface area contributed by atoms with E-state index in [1.165, 1.54) is 6.42 Å². The Hall–Kier alpha value is 0.310. The maximum Gasteiger partial charge on any atom is 0.173 e. The van der Waals surface area contributed by atoms with Gasteiger partial charge in [0.15, 0.2) is 11.6 Å². The molecule has 0 amide bonds. The van der Waals surface area contributed by atoms with Crippen LogP contribution in [0.5, 0.6) is 0 Å². The van der Waals surface area contributed by atoms with Gasteiger partial charge in [-0.2, -0.15) is 0 Å². The monoisotopic (exact) mass is 330 g/mol. The smallest absolute Gasteiger partial charge is 0.173 e. The van der Waals surface area contributed by atoms with Gasteiger partial charge in [0.1, 0.15) is 0 Å². The first-order valence-electron chi connectivity index (χ1n) is 9.01. The SMILES string of the molecule is CCC1CC2(CC)OC(O)(CC)CC(CC)(O2)P1C(C)(C)C. The van der Waals surface area contributed by atoms with E-state index in [1.54, 1.807) is 0 Å². The Labute approximate surface area is 137 Å². The van der Waals surface area contributed by atoms with Gasteiger partial charge in [-0.25, -0.2) is 0 Å². The normalized spacial score (nSPS) is 45.8. The predicted octanol–water partition coefficient (Wildman–Crippen LogP) is 5.20. The van der Waals surface area contributed by atoms with Gasteiger partial charge in [0, 0.05) is 12.8 Å². The summed E-state index contributed by atoms with van der Waals surface area (Å²) in [4.78, 5) is 0. The van der Waals surface area contributed by atoms with Crippen LogP contribution in [0.25, 0.3) is 0 Å². The van der Waals surface area contributed by atoms with E-state index in [0.29, 0.717) is 18.5 Å². The number of hydrogen-bond acceptors (Lipinski definition) is 3. The second-order valence-corrected chi connectivity index (χ2v) is 11.7. The molecule has 4 heteroatoms. The first kappa shape index (κ1) is 18.6. The molecule has 3 nitrogen and oxygen atoms in total. The third-order valence-electron chi connectivity index (χ3n) is 5.49. The Morgan fingerprint density at radius 3 is 2.09 bits per heavy atom. The molecule has 0 aromatic rings. The zero-order valence-corrected chi connectivity index (χ0v) is 16.4. The van der Waals surface area contributed by atoms with Crippen LogP contribution in [-0.4, -0.2) is 32.8 Å². The van der Waals surface area contributed by atoms with Crippen molar-refractivity contribution in [1.82, 2.24) is 0 Å². The van der Waals surface area contributed by atoms with Crippen molar-refractivity contribution in [3.8, 4) is 0 Å². The summed E-state index contributed by atoms with van der Waals surface area (Å²) < 4.78 is 12.9. The summed E-state index contributed by atoms with van der Waals surface area (Å²) in [6.07, 6.45) is 5.11. The van der Waals surface area contributed by atoms with Gasteiger partial charge < -0.3 is 14.6 Å².